The quantitative estimate of drug-likeness (QED) is 0.538. The first kappa shape index (κ1) is 17.5. The van der Waals surface area contributed by atoms with Crippen molar-refractivity contribution in [2.75, 3.05) is 12.4 Å². The van der Waals surface area contributed by atoms with Crippen LogP contribution in [-0.2, 0) is 6.61 Å². The number of benzene rings is 2. The third-order valence-corrected chi connectivity index (χ3v) is 4.12. The van der Waals surface area contributed by atoms with Gasteiger partial charge < -0.3 is 14.9 Å². The van der Waals surface area contributed by atoms with Gasteiger partial charge in [0.25, 0.3) is 0 Å². The van der Waals surface area contributed by atoms with Crippen LogP contribution in [0.15, 0.2) is 67.3 Å². The van der Waals surface area contributed by atoms with Crippen LogP contribution in [0.4, 0.5) is 11.5 Å². The van der Waals surface area contributed by atoms with Crippen LogP contribution in [0.3, 0.4) is 0 Å². The van der Waals surface area contributed by atoms with E-state index < -0.39 is 0 Å². The van der Waals surface area contributed by atoms with Crippen LogP contribution >= 0.6 is 0 Å². The molecule has 0 bridgehead atoms. The summed E-state index contributed by atoms with van der Waals surface area (Å²) in [6.45, 7) is 0.326. The number of rotatable bonds is 6. The summed E-state index contributed by atoms with van der Waals surface area (Å²) < 4.78 is 6.47. The maximum absolute atomic E-state index is 8.40. The lowest BCUT2D eigenvalue weighted by atomic mass is 10.2. The predicted molar refractivity (Wildman–Crippen MR) is 104 cm³/mol. The highest BCUT2D eigenvalue weighted by Crippen LogP contribution is 2.21. The second-order valence-corrected chi connectivity index (χ2v) is 5.95. The Morgan fingerprint density at radius 1 is 0.964 bits per heavy atom. The van der Waals surface area contributed by atoms with Crippen molar-refractivity contribution < 1.29 is 9.57 Å². The fourth-order valence-electron chi connectivity index (χ4n) is 2.67. The molecule has 0 saturated carbocycles. The Hall–Kier alpha value is -3.94. The summed E-state index contributed by atoms with van der Waals surface area (Å²) >= 11 is 0. The lowest BCUT2D eigenvalue weighted by molar-refractivity contribution is 0.0850. The van der Waals surface area contributed by atoms with Crippen molar-refractivity contribution in [2.24, 2.45) is 0 Å². The Morgan fingerprint density at radius 2 is 1.75 bits per heavy atom. The molecule has 0 unspecified atom stereocenters. The molecule has 2 N–H and O–H groups in total. The zero-order valence-electron chi connectivity index (χ0n) is 15.2. The molecule has 4 rings (SSSR count). The van der Waals surface area contributed by atoms with Gasteiger partial charge in [-0.2, -0.15) is 4.73 Å². The summed E-state index contributed by atoms with van der Waals surface area (Å²) in [5.74, 6) is 1.28. The number of hydrogen-bond acceptors (Lipinski definition) is 7. The molecule has 0 fully saturated rings. The molecule has 8 heteroatoms. The number of ether oxygens (including phenoxy) is 1. The van der Waals surface area contributed by atoms with Gasteiger partial charge in [-0.25, -0.2) is 15.0 Å². The van der Waals surface area contributed by atoms with Gasteiger partial charge in [0.05, 0.1) is 7.11 Å². The number of methoxy groups -OCH3 is 1. The van der Waals surface area contributed by atoms with Gasteiger partial charge in [-0.15, -0.1) is 0 Å². The van der Waals surface area contributed by atoms with Crippen LogP contribution in [0.25, 0.3) is 11.0 Å². The van der Waals surface area contributed by atoms with Gasteiger partial charge in [-0.3, -0.25) is 5.41 Å². The summed E-state index contributed by atoms with van der Waals surface area (Å²) in [6.07, 6.45) is 2.85. The minimum absolute atomic E-state index is 0.0983. The monoisotopic (exact) mass is 374 g/mol. The average molecular weight is 374 g/mol. The van der Waals surface area contributed by atoms with Crippen molar-refractivity contribution in [3.8, 4) is 5.75 Å². The van der Waals surface area contributed by atoms with Crippen molar-refractivity contribution in [3.05, 3.63) is 78.3 Å². The zero-order valence-corrected chi connectivity index (χ0v) is 15.2. The van der Waals surface area contributed by atoms with Gasteiger partial charge in [0.2, 0.25) is 0 Å². The second-order valence-electron chi connectivity index (χ2n) is 5.95. The molecule has 140 valence electrons. The smallest absolute Gasteiger partial charge is 0.191 e. The molecule has 0 atom stereocenters. The minimum Gasteiger partial charge on any atom is -0.497 e. The summed E-state index contributed by atoms with van der Waals surface area (Å²) in [7, 11) is 1.62. The number of nitrogens with zero attached hydrogens (tertiary/aromatic N) is 4. The van der Waals surface area contributed by atoms with E-state index in [1.165, 1.54) is 17.4 Å². The maximum atomic E-state index is 8.40. The van der Waals surface area contributed by atoms with Crippen LogP contribution in [0.5, 0.6) is 5.75 Å². The van der Waals surface area contributed by atoms with Gasteiger partial charge >= 0.3 is 0 Å². The van der Waals surface area contributed by atoms with Crippen LogP contribution in [0, 0.1) is 5.41 Å². The first-order chi connectivity index (χ1) is 13.7. The highest BCUT2D eigenvalue weighted by molar-refractivity contribution is 5.85. The molecule has 2 heterocycles. The largest absolute Gasteiger partial charge is 0.497 e. The lowest BCUT2D eigenvalue weighted by Gasteiger charge is -2.12. The maximum Gasteiger partial charge on any atom is 0.191 e. The van der Waals surface area contributed by atoms with E-state index >= 15 is 0 Å². The second kappa shape index (κ2) is 7.75. The Labute approximate surface area is 160 Å². The number of nitrogens with one attached hydrogen (secondary N) is 2. The number of hydrogen-bond donors (Lipinski definition) is 2. The van der Waals surface area contributed by atoms with Gasteiger partial charge in [-0.05, 0) is 29.8 Å². The fourth-order valence-corrected chi connectivity index (χ4v) is 2.67. The van der Waals surface area contributed by atoms with Gasteiger partial charge in [0.1, 0.15) is 36.0 Å². The Morgan fingerprint density at radius 3 is 2.50 bits per heavy atom. The van der Waals surface area contributed by atoms with Crippen LogP contribution in [-0.4, -0.2) is 26.8 Å². The predicted octanol–water partition coefficient (Wildman–Crippen LogP) is 2.69. The van der Waals surface area contributed by atoms with Crippen LogP contribution in [0.1, 0.15) is 5.56 Å². The molecule has 0 aliphatic carbocycles. The van der Waals surface area contributed by atoms with Crippen molar-refractivity contribution in [2.45, 2.75) is 6.61 Å². The van der Waals surface area contributed by atoms with E-state index in [1.807, 2.05) is 54.6 Å². The molecule has 0 saturated heterocycles. The van der Waals surface area contributed by atoms with Crippen LogP contribution in [0.2, 0.25) is 0 Å². The molecule has 28 heavy (non-hydrogen) atoms. The number of aromatic nitrogens is 4. The molecule has 4 aromatic rings. The van der Waals surface area contributed by atoms with E-state index in [0.717, 1.165) is 17.0 Å². The summed E-state index contributed by atoms with van der Waals surface area (Å²) in [5.41, 5.74) is 2.80. The molecular weight excluding hydrogens is 356 g/mol. The normalized spacial score (nSPS) is 10.6. The third kappa shape index (κ3) is 3.61. The van der Waals surface area contributed by atoms with Crippen molar-refractivity contribution >= 4 is 22.5 Å². The summed E-state index contributed by atoms with van der Waals surface area (Å²) in [4.78, 5) is 18.5. The van der Waals surface area contributed by atoms with E-state index in [4.69, 9.17) is 15.0 Å². The molecule has 2 aromatic heterocycles. The highest BCUT2D eigenvalue weighted by Gasteiger charge is 2.10. The molecule has 0 amide bonds. The standard InChI is InChI=1S/C20H18N6O2/c1-27-16-9-7-15(8-10-16)25-20-18-17(22-12-23-20)19(21)26(13-24-18)28-11-14-5-3-2-4-6-14/h2-10,12-13,21H,11H2,1H3,(H,22,23,25). The Balaban J connectivity index is 1.61. The average Bonchev–Trinajstić information content (AvgIpc) is 2.75. The number of anilines is 2. The van der Waals surface area contributed by atoms with E-state index in [9.17, 15) is 0 Å². The molecule has 0 radical (unpaired) electrons. The molecule has 0 spiro atoms. The van der Waals surface area contributed by atoms with Gasteiger partial charge in [-0.1, -0.05) is 30.3 Å². The fraction of sp³-hybridized carbons (Fsp3) is 0.100. The van der Waals surface area contributed by atoms with E-state index in [1.54, 1.807) is 7.11 Å². The van der Waals surface area contributed by atoms with Crippen molar-refractivity contribution in [1.29, 1.82) is 5.41 Å². The molecule has 0 aliphatic rings. The minimum atomic E-state index is 0.0983. The molecule has 2 aromatic carbocycles. The van der Waals surface area contributed by atoms with Gasteiger partial charge in [0, 0.05) is 5.69 Å². The third-order valence-electron chi connectivity index (χ3n) is 4.12. The van der Waals surface area contributed by atoms with Crippen molar-refractivity contribution in [3.63, 3.8) is 0 Å². The van der Waals surface area contributed by atoms with E-state index in [0.29, 0.717) is 23.5 Å². The lowest BCUT2D eigenvalue weighted by Crippen LogP contribution is -2.28. The first-order valence-corrected chi connectivity index (χ1v) is 8.60. The van der Waals surface area contributed by atoms with E-state index in [2.05, 4.69) is 20.3 Å². The zero-order chi connectivity index (χ0) is 19.3. The Kier molecular flexibility index (Phi) is 4.83. The number of fused-ring (bicyclic) bond motifs is 1. The topological polar surface area (TPSA) is 97.9 Å². The molecular formula is C20H18N6O2. The summed E-state index contributed by atoms with van der Waals surface area (Å²) in [6, 6.07) is 17.2. The Bertz CT molecular complexity index is 1140. The van der Waals surface area contributed by atoms with E-state index in [-0.39, 0.29) is 5.49 Å². The highest BCUT2D eigenvalue weighted by atomic mass is 16.7. The molecule has 8 nitrogen and oxygen atoms in total. The first-order valence-electron chi connectivity index (χ1n) is 8.60. The van der Waals surface area contributed by atoms with Crippen LogP contribution < -0.4 is 20.4 Å². The molecule has 0 aliphatic heterocycles. The van der Waals surface area contributed by atoms with Crippen molar-refractivity contribution in [1.82, 2.24) is 19.7 Å². The SMILES string of the molecule is COc1ccc(Nc2ncnc3c(=N)n(OCc4ccccc4)cnc23)cc1. The van der Waals surface area contributed by atoms with Gasteiger partial charge in [0.15, 0.2) is 11.3 Å². The summed E-state index contributed by atoms with van der Waals surface area (Å²) in [5, 5.41) is 11.6.